The maximum atomic E-state index is 10.2. The molecule has 1 saturated carbocycles. The van der Waals surface area contributed by atoms with Crippen molar-refractivity contribution < 1.29 is 19.2 Å². The first-order chi connectivity index (χ1) is 7.10. The summed E-state index contributed by atoms with van der Waals surface area (Å²) >= 11 is 0. The number of carboxylic acids is 1. The van der Waals surface area contributed by atoms with E-state index in [0.717, 1.165) is 12.8 Å². The van der Waals surface area contributed by atoms with Crippen molar-refractivity contribution in [2.24, 2.45) is 0 Å². The smallest absolute Gasteiger partial charge is 0.329 e. The van der Waals surface area contributed by atoms with Gasteiger partial charge in [-0.15, -0.1) is 0 Å². The van der Waals surface area contributed by atoms with E-state index in [1.807, 2.05) is 0 Å². The van der Waals surface area contributed by atoms with Gasteiger partial charge in [0, 0.05) is 5.41 Å². The Morgan fingerprint density at radius 2 is 2.40 bits per heavy atom. The van der Waals surface area contributed by atoms with Crippen molar-refractivity contribution in [1.29, 1.82) is 0 Å². The SMILES string of the molecule is CC1(c2noc(COCC(=O)O)n2)CC1. The van der Waals surface area contributed by atoms with E-state index in [9.17, 15) is 4.79 Å². The van der Waals surface area contributed by atoms with Gasteiger partial charge in [-0.1, -0.05) is 12.1 Å². The lowest BCUT2D eigenvalue weighted by Crippen LogP contribution is -2.07. The molecule has 0 radical (unpaired) electrons. The van der Waals surface area contributed by atoms with Gasteiger partial charge in [0.05, 0.1) is 0 Å². The number of aromatic nitrogens is 2. The van der Waals surface area contributed by atoms with Gasteiger partial charge >= 0.3 is 5.97 Å². The number of ether oxygens (including phenoxy) is 1. The molecule has 1 fully saturated rings. The molecule has 6 nitrogen and oxygen atoms in total. The van der Waals surface area contributed by atoms with Crippen LogP contribution in [0.3, 0.4) is 0 Å². The van der Waals surface area contributed by atoms with Crippen molar-refractivity contribution in [3.63, 3.8) is 0 Å². The van der Waals surface area contributed by atoms with E-state index in [0.29, 0.717) is 11.7 Å². The summed E-state index contributed by atoms with van der Waals surface area (Å²) in [7, 11) is 0. The average molecular weight is 212 g/mol. The second-order valence-corrected chi connectivity index (χ2v) is 3.96. The molecule has 0 aromatic carbocycles. The highest BCUT2D eigenvalue weighted by molar-refractivity contribution is 5.67. The monoisotopic (exact) mass is 212 g/mol. The lowest BCUT2D eigenvalue weighted by molar-refractivity contribution is -0.142. The molecule has 1 heterocycles. The molecule has 1 N–H and O–H groups in total. The zero-order valence-electron chi connectivity index (χ0n) is 8.39. The van der Waals surface area contributed by atoms with Crippen LogP contribution in [0.2, 0.25) is 0 Å². The summed E-state index contributed by atoms with van der Waals surface area (Å²) in [6, 6.07) is 0. The fourth-order valence-electron chi connectivity index (χ4n) is 1.20. The zero-order chi connectivity index (χ0) is 10.9. The number of aliphatic carboxylic acids is 1. The van der Waals surface area contributed by atoms with Crippen LogP contribution in [0.4, 0.5) is 0 Å². The molecule has 0 saturated heterocycles. The van der Waals surface area contributed by atoms with Gasteiger partial charge < -0.3 is 14.4 Å². The molecule has 82 valence electrons. The van der Waals surface area contributed by atoms with Crippen LogP contribution < -0.4 is 0 Å². The summed E-state index contributed by atoms with van der Waals surface area (Å²) in [5, 5.41) is 12.2. The number of carbonyl (C=O) groups is 1. The highest BCUT2D eigenvalue weighted by atomic mass is 16.5. The molecule has 1 aliphatic carbocycles. The van der Waals surface area contributed by atoms with Crippen LogP contribution >= 0.6 is 0 Å². The maximum Gasteiger partial charge on any atom is 0.329 e. The van der Waals surface area contributed by atoms with Gasteiger partial charge in [0.25, 0.3) is 5.89 Å². The number of nitrogens with zero attached hydrogens (tertiary/aromatic N) is 2. The predicted molar refractivity (Wildman–Crippen MR) is 48.2 cm³/mol. The molecule has 6 heteroatoms. The summed E-state index contributed by atoms with van der Waals surface area (Å²) < 4.78 is 9.77. The van der Waals surface area contributed by atoms with Crippen molar-refractivity contribution in [3.05, 3.63) is 11.7 Å². The third-order valence-electron chi connectivity index (χ3n) is 2.46. The van der Waals surface area contributed by atoms with E-state index < -0.39 is 5.97 Å². The van der Waals surface area contributed by atoms with Crippen molar-refractivity contribution in [2.45, 2.75) is 31.8 Å². The number of carboxylic acid groups (broad SMARTS) is 1. The van der Waals surface area contributed by atoms with Gasteiger partial charge in [0.15, 0.2) is 5.82 Å². The molecule has 0 spiro atoms. The third-order valence-corrected chi connectivity index (χ3v) is 2.46. The van der Waals surface area contributed by atoms with Crippen LogP contribution in [0, 0.1) is 0 Å². The molecule has 0 atom stereocenters. The van der Waals surface area contributed by atoms with Crippen LogP contribution in [-0.4, -0.2) is 27.8 Å². The first kappa shape index (κ1) is 10.1. The van der Waals surface area contributed by atoms with Gasteiger partial charge in [-0.05, 0) is 12.8 Å². The van der Waals surface area contributed by atoms with Crippen molar-refractivity contribution >= 4 is 5.97 Å². The van der Waals surface area contributed by atoms with E-state index in [-0.39, 0.29) is 18.6 Å². The Labute approximate surface area is 86.2 Å². The molecule has 2 rings (SSSR count). The van der Waals surface area contributed by atoms with Crippen LogP contribution in [0.25, 0.3) is 0 Å². The molecule has 1 aromatic rings. The number of rotatable bonds is 5. The third kappa shape index (κ3) is 2.33. The lowest BCUT2D eigenvalue weighted by Gasteiger charge is -1.97. The summed E-state index contributed by atoms with van der Waals surface area (Å²) in [6.07, 6.45) is 2.14. The highest BCUT2D eigenvalue weighted by Gasteiger charge is 2.43. The highest BCUT2D eigenvalue weighted by Crippen LogP contribution is 2.45. The maximum absolute atomic E-state index is 10.2. The Kier molecular flexibility index (Phi) is 2.44. The minimum absolute atomic E-state index is 0.0510. The topological polar surface area (TPSA) is 85.5 Å². The fourth-order valence-corrected chi connectivity index (χ4v) is 1.20. The summed E-state index contributed by atoms with van der Waals surface area (Å²) in [5.41, 5.74) is 0.0640. The quantitative estimate of drug-likeness (QED) is 0.774. The molecule has 1 aromatic heterocycles. The number of hydrogen-bond acceptors (Lipinski definition) is 5. The Bertz CT molecular complexity index is 370. The van der Waals surface area contributed by atoms with Gasteiger partial charge in [0.2, 0.25) is 0 Å². The molecule has 1 aliphatic rings. The van der Waals surface area contributed by atoms with E-state index in [1.54, 1.807) is 0 Å². The molecule has 0 amide bonds. The van der Waals surface area contributed by atoms with Crippen LogP contribution in [0.5, 0.6) is 0 Å². The first-order valence-corrected chi connectivity index (χ1v) is 4.73. The van der Waals surface area contributed by atoms with E-state index in [2.05, 4.69) is 17.1 Å². The van der Waals surface area contributed by atoms with Crippen molar-refractivity contribution in [2.75, 3.05) is 6.61 Å². The Morgan fingerprint density at radius 1 is 1.67 bits per heavy atom. The summed E-state index contributed by atoms with van der Waals surface area (Å²) in [4.78, 5) is 14.3. The summed E-state index contributed by atoms with van der Waals surface area (Å²) in [5.74, 6) is 0.0136. The first-order valence-electron chi connectivity index (χ1n) is 4.73. The molecule has 0 aliphatic heterocycles. The van der Waals surface area contributed by atoms with Gasteiger partial charge in [-0.2, -0.15) is 4.98 Å². The average Bonchev–Trinajstić information content (AvgIpc) is 2.76. The minimum atomic E-state index is -1.01. The largest absolute Gasteiger partial charge is 0.480 e. The Hall–Kier alpha value is -1.43. The standard InChI is InChI=1S/C9H12N2O4/c1-9(2-3-9)8-10-6(15-11-8)4-14-5-7(12)13/h2-5H2,1H3,(H,12,13). The van der Waals surface area contributed by atoms with Crippen LogP contribution in [-0.2, 0) is 21.6 Å². The van der Waals surface area contributed by atoms with E-state index in [4.69, 9.17) is 14.4 Å². The second-order valence-electron chi connectivity index (χ2n) is 3.96. The van der Waals surface area contributed by atoms with Crippen molar-refractivity contribution in [1.82, 2.24) is 10.1 Å². The molecular formula is C9H12N2O4. The predicted octanol–water partition coefficient (Wildman–Crippen LogP) is 0.722. The molecular weight excluding hydrogens is 200 g/mol. The molecule has 0 unspecified atom stereocenters. The zero-order valence-corrected chi connectivity index (χ0v) is 8.39. The van der Waals surface area contributed by atoms with Crippen LogP contribution in [0.15, 0.2) is 4.52 Å². The summed E-state index contributed by atoms with van der Waals surface area (Å²) in [6.45, 7) is 1.77. The van der Waals surface area contributed by atoms with Gasteiger partial charge in [-0.25, -0.2) is 4.79 Å². The Balaban J connectivity index is 1.87. The van der Waals surface area contributed by atoms with E-state index >= 15 is 0 Å². The fraction of sp³-hybridized carbons (Fsp3) is 0.667. The molecule has 15 heavy (non-hydrogen) atoms. The normalized spacial score (nSPS) is 17.7. The molecule has 0 bridgehead atoms. The van der Waals surface area contributed by atoms with Crippen molar-refractivity contribution in [3.8, 4) is 0 Å². The Morgan fingerprint density at radius 3 is 3.00 bits per heavy atom. The lowest BCUT2D eigenvalue weighted by atomic mass is 10.1. The minimum Gasteiger partial charge on any atom is -0.480 e. The number of hydrogen-bond donors (Lipinski definition) is 1. The van der Waals surface area contributed by atoms with E-state index in [1.165, 1.54) is 0 Å². The van der Waals surface area contributed by atoms with Crippen LogP contribution in [0.1, 0.15) is 31.5 Å². The second kappa shape index (κ2) is 3.62. The van der Waals surface area contributed by atoms with Gasteiger partial charge in [0.1, 0.15) is 13.2 Å². The van der Waals surface area contributed by atoms with Gasteiger partial charge in [-0.3, -0.25) is 0 Å².